The van der Waals surface area contributed by atoms with Crippen LogP contribution in [-0.4, -0.2) is 46.1 Å². The van der Waals surface area contributed by atoms with Crippen molar-refractivity contribution >= 4 is 17.7 Å². The molecule has 0 bridgehead atoms. The van der Waals surface area contributed by atoms with Crippen molar-refractivity contribution in [2.75, 3.05) is 19.1 Å². The molecule has 94 valence electrons. The average Bonchev–Trinajstić information content (AvgIpc) is 2.30. The zero-order valence-electron chi connectivity index (χ0n) is 10.2. The van der Waals surface area contributed by atoms with E-state index in [1.165, 1.54) is 18.2 Å². The molecule has 1 unspecified atom stereocenters. The third kappa shape index (κ3) is 3.30. The van der Waals surface area contributed by atoms with E-state index < -0.39 is 0 Å². The molecule has 0 aliphatic heterocycles. The van der Waals surface area contributed by atoms with Gasteiger partial charge in [0.15, 0.2) is 0 Å². The van der Waals surface area contributed by atoms with Gasteiger partial charge >= 0.3 is 0 Å². The van der Waals surface area contributed by atoms with E-state index in [4.69, 9.17) is 0 Å². The number of nitrogens with zero attached hydrogens (tertiary/aromatic N) is 1. The van der Waals surface area contributed by atoms with E-state index in [2.05, 4.69) is 0 Å². The maximum Gasteiger partial charge on any atom is 0.257 e. The Bertz CT molecular complexity index is 409. The molecule has 1 aromatic carbocycles. The Morgan fingerprint density at radius 1 is 1.47 bits per heavy atom. The van der Waals surface area contributed by atoms with Gasteiger partial charge in [-0.1, -0.05) is 0 Å². The highest BCUT2D eigenvalue weighted by Gasteiger charge is 2.20. The van der Waals surface area contributed by atoms with Gasteiger partial charge < -0.3 is 15.1 Å². The van der Waals surface area contributed by atoms with E-state index in [0.717, 1.165) is 5.75 Å². The van der Waals surface area contributed by atoms with Crippen molar-refractivity contribution in [2.45, 2.75) is 13.0 Å². The summed E-state index contributed by atoms with van der Waals surface area (Å²) in [6.45, 7) is 1.94. The molecule has 1 amide bonds. The molecule has 0 spiro atoms. The normalized spacial score (nSPS) is 12.2. The van der Waals surface area contributed by atoms with Crippen LogP contribution in [0.1, 0.15) is 17.3 Å². The van der Waals surface area contributed by atoms with Gasteiger partial charge in [-0.3, -0.25) is 4.79 Å². The SMILES string of the molecule is CSCC(C)N(C)C(=O)c1cc(O)ccc1O. The number of hydrogen-bond acceptors (Lipinski definition) is 4. The molecule has 0 radical (unpaired) electrons. The average molecular weight is 255 g/mol. The number of amides is 1. The van der Waals surface area contributed by atoms with Gasteiger partial charge in [-0.25, -0.2) is 0 Å². The molecule has 1 rings (SSSR count). The Morgan fingerprint density at radius 2 is 2.12 bits per heavy atom. The van der Waals surface area contributed by atoms with Crippen LogP contribution in [-0.2, 0) is 0 Å². The van der Waals surface area contributed by atoms with Crippen LogP contribution in [0, 0.1) is 0 Å². The summed E-state index contributed by atoms with van der Waals surface area (Å²) >= 11 is 1.65. The van der Waals surface area contributed by atoms with E-state index in [1.54, 1.807) is 23.7 Å². The Kier molecular flexibility index (Phi) is 4.69. The topological polar surface area (TPSA) is 60.8 Å². The summed E-state index contributed by atoms with van der Waals surface area (Å²) in [7, 11) is 1.69. The zero-order chi connectivity index (χ0) is 13.0. The van der Waals surface area contributed by atoms with Gasteiger partial charge in [0, 0.05) is 18.8 Å². The predicted molar refractivity (Wildman–Crippen MR) is 69.7 cm³/mol. The van der Waals surface area contributed by atoms with Gasteiger partial charge in [-0.05, 0) is 31.4 Å². The molecule has 0 saturated heterocycles. The maximum absolute atomic E-state index is 12.1. The maximum atomic E-state index is 12.1. The van der Waals surface area contributed by atoms with E-state index in [1.807, 2.05) is 13.2 Å². The smallest absolute Gasteiger partial charge is 0.257 e. The molecule has 5 heteroatoms. The molecule has 0 fully saturated rings. The lowest BCUT2D eigenvalue weighted by atomic mass is 10.1. The van der Waals surface area contributed by atoms with Crippen molar-refractivity contribution in [3.63, 3.8) is 0 Å². The number of thioether (sulfide) groups is 1. The molecule has 2 N–H and O–H groups in total. The first kappa shape index (κ1) is 13.7. The van der Waals surface area contributed by atoms with Crippen molar-refractivity contribution in [2.24, 2.45) is 0 Å². The minimum absolute atomic E-state index is 0.0305. The minimum atomic E-state index is -0.292. The molecule has 4 nitrogen and oxygen atoms in total. The zero-order valence-corrected chi connectivity index (χ0v) is 11.0. The molecule has 0 aliphatic carbocycles. The third-order valence-corrected chi connectivity index (χ3v) is 3.42. The summed E-state index contributed by atoms with van der Waals surface area (Å²) in [6, 6.07) is 4.01. The van der Waals surface area contributed by atoms with Crippen LogP contribution in [0.15, 0.2) is 18.2 Å². The minimum Gasteiger partial charge on any atom is -0.508 e. The van der Waals surface area contributed by atoms with Crippen LogP contribution in [0.25, 0.3) is 0 Å². The highest BCUT2D eigenvalue weighted by atomic mass is 32.2. The molecule has 0 aromatic heterocycles. The standard InChI is InChI=1S/C12H17NO3S/c1-8(7-17-3)13(2)12(16)10-6-9(14)4-5-11(10)15/h4-6,8,14-15H,7H2,1-3H3. The van der Waals surface area contributed by atoms with E-state index in [0.29, 0.717) is 0 Å². The van der Waals surface area contributed by atoms with Crippen LogP contribution in [0.2, 0.25) is 0 Å². The van der Waals surface area contributed by atoms with Gasteiger partial charge in [-0.2, -0.15) is 11.8 Å². The third-order valence-electron chi connectivity index (χ3n) is 2.60. The number of aromatic hydroxyl groups is 2. The number of benzene rings is 1. The highest BCUT2D eigenvalue weighted by Crippen LogP contribution is 2.24. The summed E-state index contributed by atoms with van der Waals surface area (Å²) in [5.74, 6) is 0.384. The van der Waals surface area contributed by atoms with E-state index in [-0.39, 0.29) is 29.0 Å². The number of carbonyl (C=O) groups is 1. The van der Waals surface area contributed by atoms with Crippen molar-refractivity contribution in [3.05, 3.63) is 23.8 Å². The quantitative estimate of drug-likeness (QED) is 0.807. The molecule has 1 atom stereocenters. The summed E-state index contributed by atoms with van der Waals surface area (Å²) in [5, 5.41) is 18.9. The van der Waals surface area contributed by atoms with Gasteiger partial charge in [0.2, 0.25) is 0 Å². The summed E-state index contributed by atoms with van der Waals surface area (Å²) in [6.07, 6.45) is 1.97. The van der Waals surface area contributed by atoms with Crippen molar-refractivity contribution in [1.29, 1.82) is 0 Å². The molecule has 17 heavy (non-hydrogen) atoms. The number of rotatable bonds is 4. The fraction of sp³-hybridized carbons (Fsp3) is 0.417. The summed E-state index contributed by atoms with van der Waals surface area (Å²) in [5.41, 5.74) is 0.125. The Balaban J connectivity index is 2.92. The second kappa shape index (κ2) is 5.82. The van der Waals surface area contributed by atoms with Gasteiger partial charge in [0.05, 0.1) is 5.56 Å². The van der Waals surface area contributed by atoms with Crippen LogP contribution >= 0.6 is 11.8 Å². The van der Waals surface area contributed by atoms with Gasteiger partial charge in [-0.15, -0.1) is 0 Å². The monoisotopic (exact) mass is 255 g/mol. The molecule has 0 heterocycles. The number of hydrogen-bond donors (Lipinski definition) is 2. The molecule has 0 aliphatic rings. The Labute approximate surface area is 105 Å². The number of carbonyl (C=O) groups excluding carboxylic acids is 1. The van der Waals surface area contributed by atoms with Crippen LogP contribution in [0.4, 0.5) is 0 Å². The first-order chi connectivity index (χ1) is 7.97. The van der Waals surface area contributed by atoms with Crippen LogP contribution in [0.5, 0.6) is 11.5 Å². The lowest BCUT2D eigenvalue weighted by molar-refractivity contribution is 0.0754. The van der Waals surface area contributed by atoms with E-state index >= 15 is 0 Å². The second-order valence-electron chi connectivity index (χ2n) is 3.92. The van der Waals surface area contributed by atoms with Gasteiger partial charge in [0.1, 0.15) is 11.5 Å². The summed E-state index contributed by atoms with van der Waals surface area (Å²) < 4.78 is 0. The fourth-order valence-corrected chi connectivity index (χ4v) is 2.14. The number of phenolic OH excluding ortho intramolecular Hbond substituents is 2. The van der Waals surface area contributed by atoms with Crippen molar-refractivity contribution < 1.29 is 15.0 Å². The van der Waals surface area contributed by atoms with E-state index in [9.17, 15) is 15.0 Å². The van der Waals surface area contributed by atoms with Crippen molar-refractivity contribution in [3.8, 4) is 11.5 Å². The molecular weight excluding hydrogens is 238 g/mol. The van der Waals surface area contributed by atoms with Crippen molar-refractivity contribution in [1.82, 2.24) is 4.90 Å². The van der Waals surface area contributed by atoms with Crippen LogP contribution < -0.4 is 0 Å². The summed E-state index contributed by atoms with van der Waals surface area (Å²) in [4.78, 5) is 13.6. The Hall–Kier alpha value is -1.36. The first-order valence-corrected chi connectivity index (χ1v) is 6.64. The molecule has 0 saturated carbocycles. The first-order valence-electron chi connectivity index (χ1n) is 5.25. The predicted octanol–water partition coefficient (Wildman–Crippen LogP) is 1.92. The second-order valence-corrected chi connectivity index (χ2v) is 4.83. The number of phenols is 2. The molecule has 1 aromatic rings. The van der Waals surface area contributed by atoms with Gasteiger partial charge in [0.25, 0.3) is 5.91 Å². The lowest BCUT2D eigenvalue weighted by Crippen LogP contribution is -2.36. The lowest BCUT2D eigenvalue weighted by Gasteiger charge is -2.24. The fourth-order valence-electron chi connectivity index (χ4n) is 1.44. The molecular formula is C12H17NO3S. The van der Waals surface area contributed by atoms with Crippen LogP contribution in [0.3, 0.4) is 0 Å². The highest BCUT2D eigenvalue weighted by molar-refractivity contribution is 7.98. The Morgan fingerprint density at radius 3 is 2.71 bits per heavy atom. The largest absolute Gasteiger partial charge is 0.508 e.